The van der Waals surface area contributed by atoms with Crippen molar-refractivity contribution in [1.29, 1.82) is 0 Å². The number of hydrogen-bond acceptors (Lipinski definition) is 3. The highest BCUT2D eigenvalue weighted by molar-refractivity contribution is 6.89. The van der Waals surface area contributed by atoms with Crippen LogP contribution in [0.25, 0.3) is 0 Å². The smallest absolute Gasteiger partial charge is 0.222 e. The van der Waals surface area contributed by atoms with Crippen LogP contribution in [-0.4, -0.2) is 19.7 Å². The molecule has 4 heteroatoms. The van der Waals surface area contributed by atoms with E-state index in [2.05, 4.69) is 48.4 Å². The highest BCUT2D eigenvalue weighted by Gasteiger charge is 2.26. The first-order chi connectivity index (χ1) is 12.6. The monoisotopic (exact) mass is 363 g/mol. The topological polar surface area (TPSA) is 31.4 Å². The Bertz CT molecular complexity index is 832. The van der Waals surface area contributed by atoms with Crippen LogP contribution in [0.5, 0.6) is 17.4 Å². The fourth-order valence-corrected chi connectivity index (χ4v) is 5.49. The Balaban J connectivity index is 1.81. The van der Waals surface area contributed by atoms with E-state index in [1.807, 2.05) is 43.3 Å². The fraction of sp³-hybridized carbons (Fsp3) is 0.227. The van der Waals surface area contributed by atoms with Crippen molar-refractivity contribution in [2.45, 2.75) is 26.1 Å². The molecule has 2 aromatic carbocycles. The Morgan fingerprint density at radius 3 is 2.27 bits per heavy atom. The van der Waals surface area contributed by atoms with E-state index in [9.17, 15) is 0 Å². The Labute approximate surface area is 156 Å². The van der Waals surface area contributed by atoms with Crippen LogP contribution in [0.1, 0.15) is 12.5 Å². The summed E-state index contributed by atoms with van der Waals surface area (Å²) in [5.74, 6) is 2.44. The molecule has 3 nitrogen and oxygen atoms in total. The Morgan fingerprint density at radius 2 is 1.58 bits per heavy atom. The maximum Gasteiger partial charge on any atom is 0.222 e. The lowest BCUT2D eigenvalue weighted by molar-refractivity contribution is 0.340. The minimum absolute atomic E-state index is 0.691. The van der Waals surface area contributed by atoms with Gasteiger partial charge in [-0.2, -0.15) is 0 Å². The minimum Gasteiger partial charge on any atom is -0.494 e. The van der Waals surface area contributed by atoms with Crippen molar-refractivity contribution < 1.29 is 9.47 Å². The maximum atomic E-state index is 6.03. The third-order valence-corrected chi connectivity index (χ3v) is 7.55. The molecule has 3 aromatic rings. The van der Waals surface area contributed by atoms with Crippen molar-refractivity contribution in [1.82, 2.24) is 4.98 Å². The molecule has 3 rings (SSSR count). The van der Waals surface area contributed by atoms with Crippen molar-refractivity contribution in [2.24, 2.45) is 0 Å². The zero-order valence-corrected chi connectivity index (χ0v) is 16.6. The summed E-state index contributed by atoms with van der Waals surface area (Å²) in [7, 11) is -1.69. The van der Waals surface area contributed by atoms with E-state index in [0.717, 1.165) is 23.1 Å². The summed E-state index contributed by atoms with van der Waals surface area (Å²) in [5.41, 5.74) is 1.15. The second-order valence-corrected chi connectivity index (χ2v) is 11.6. The first-order valence-electron chi connectivity index (χ1n) is 8.98. The number of ether oxygens (including phenoxy) is 2. The van der Waals surface area contributed by atoms with Crippen molar-refractivity contribution in [3.05, 3.63) is 78.5 Å². The van der Waals surface area contributed by atoms with Gasteiger partial charge in [-0.05, 0) is 43.3 Å². The van der Waals surface area contributed by atoms with Gasteiger partial charge in [0.25, 0.3) is 0 Å². The molecule has 0 saturated heterocycles. The molecule has 0 aliphatic carbocycles. The van der Waals surface area contributed by atoms with Gasteiger partial charge < -0.3 is 9.47 Å². The van der Waals surface area contributed by atoms with Gasteiger partial charge in [-0.15, -0.1) is 0 Å². The predicted octanol–water partition coefficient (Wildman–Crippen LogP) is 4.97. The van der Waals surface area contributed by atoms with Gasteiger partial charge in [0.05, 0.1) is 14.7 Å². The SMILES string of the molecule is CCOc1ccc([Si](C)(C)Cc2cccnc2Oc2ccccc2)cc1. The van der Waals surface area contributed by atoms with Crippen LogP contribution in [0, 0.1) is 0 Å². The molecule has 0 bridgehead atoms. The maximum absolute atomic E-state index is 6.03. The highest BCUT2D eigenvalue weighted by Crippen LogP contribution is 2.25. The molecule has 1 aromatic heterocycles. The lowest BCUT2D eigenvalue weighted by atomic mass is 10.3. The molecule has 0 fully saturated rings. The largest absolute Gasteiger partial charge is 0.494 e. The zero-order chi connectivity index (χ0) is 18.4. The number of rotatable bonds is 7. The second kappa shape index (κ2) is 8.19. The Morgan fingerprint density at radius 1 is 0.846 bits per heavy atom. The van der Waals surface area contributed by atoms with E-state index in [1.165, 1.54) is 5.19 Å². The third kappa shape index (κ3) is 4.52. The summed E-state index contributed by atoms with van der Waals surface area (Å²) in [6.45, 7) is 7.45. The predicted molar refractivity (Wildman–Crippen MR) is 109 cm³/mol. The summed E-state index contributed by atoms with van der Waals surface area (Å²) in [4.78, 5) is 4.47. The van der Waals surface area contributed by atoms with Crippen LogP contribution >= 0.6 is 0 Å². The van der Waals surface area contributed by atoms with Crippen LogP contribution in [0.15, 0.2) is 72.9 Å². The first-order valence-corrected chi connectivity index (χ1v) is 12.2. The van der Waals surface area contributed by atoms with Crippen molar-refractivity contribution in [2.75, 3.05) is 6.61 Å². The molecule has 134 valence electrons. The van der Waals surface area contributed by atoms with E-state index in [-0.39, 0.29) is 0 Å². The van der Waals surface area contributed by atoms with E-state index in [0.29, 0.717) is 12.5 Å². The van der Waals surface area contributed by atoms with Crippen molar-refractivity contribution >= 4 is 13.3 Å². The average Bonchev–Trinajstić information content (AvgIpc) is 2.65. The number of pyridine rings is 1. The molecule has 0 spiro atoms. The van der Waals surface area contributed by atoms with Gasteiger partial charge in [0.1, 0.15) is 11.5 Å². The zero-order valence-electron chi connectivity index (χ0n) is 15.6. The van der Waals surface area contributed by atoms with Gasteiger partial charge >= 0.3 is 0 Å². The minimum atomic E-state index is -1.69. The summed E-state index contributed by atoms with van der Waals surface area (Å²) in [6, 6.07) is 23.4. The van der Waals surface area contributed by atoms with Crippen LogP contribution in [0.4, 0.5) is 0 Å². The molecule has 0 N–H and O–H groups in total. The van der Waals surface area contributed by atoms with Gasteiger partial charge in [0.2, 0.25) is 5.88 Å². The summed E-state index contributed by atoms with van der Waals surface area (Å²) in [6.07, 6.45) is 1.78. The van der Waals surface area contributed by atoms with Crippen LogP contribution in [0.2, 0.25) is 13.1 Å². The standard InChI is InChI=1S/C22H25NO2Si/c1-4-24-19-12-14-21(15-13-19)26(2,3)17-18-9-8-16-23-22(18)25-20-10-6-5-7-11-20/h5-16H,4,17H2,1-3H3. The molecule has 0 amide bonds. The molecule has 0 saturated carbocycles. The molecule has 0 unspecified atom stereocenters. The molecule has 0 aliphatic rings. The quantitative estimate of drug-likeness (QED) is 0.555. The van der Waals surface area contributed by atoms with Gasteiger partial charge in [-0.25, -0.2) is 4.98 Å². The van der Waals surface area contributed by atoms with Gasteiger partial charge in [0.15, 0.2) is 0 Å². The van der Waals surface area contributed by atoms with E-state index in [4.69, 9.17) is 9.47 Å². The molecule has 1 heterocycles. The molecule has 0 aliphatic heterocycles. The van der Waals surface area contributed by atoms with Crippen molar-refractivity contribution in [3.63, 3.8) is 0 Å². The molecular formula is C22H25NO2Si. The summed E-state index contributed by atoms with van der Waals surface area (Å²) < 4.78 is 11.6. The number of hydrogen-bond donors (Lipinski definition) is 0. The summed E-state index contributed by atoms with van der Waals surface area (Å²) >= 11 is 0. The van der Waals surface area contributed by atoms with Crippen LogP contribution in [-0.2, 0) is 6.04 Å². The number of para-hydroxylation sites is 1. The normalized spacial score (nSPS) is 11.2. The first kappa shape index (κ1) is 18.2. The fourth-order valence-electron chi connectivity index (χ4n) is 3.00. The number of benzene rings is 2. The van der Waals surface area contributed by atoms with Crippen LogP contribution < -0.4 is 14.7 Å². The van der Waals surface area contributed by atoms with Gasteiger partial charge in [-0.1, -0.05) is 54.7 Å². The highest BCUT2D eigenvalue weighted by atomic mass is 28.3. The van der Waals surface area contributed by atoms with Crippen LogP contribution in [0.3, 0.4) is 0 Å². The molecular weight excluding hydrogens is 338 g/mol. The third-order valence-electron chi connectivity index (χ3n) is 4.39. The van der Waals surface area contributed by atoms with E-state index < -0.39 is 8.07 Å². The Hall–Kier alpha value is -2.59. The van der Waals surface area contributed by atoms with Crippen molar-refractivity contribution in [3.8, 4) is 17.4 Å². The molecule has 0 atom stereocenters. The second-order valence-electron chi connectivity index (χ2n) is 6.90. The molecule has 0 radical (unpaired) electrons. The Kier molecular flexibility index (Phi) is 5.74. The number of nitrogens with zero attached hydrogens (tertiary/aromatic N) is 1. The molecule has 26 heavy (non-hydrogen) atoms. The van der Waals surface area contributed by atoms with Gasteiger partial charge in [0, 0.05) is 11.8 Å². The average molecular weight is 364 g/mol. The van der Waals surface area contributed by atoms with E-state index in [1.54, 1.807) is 6.20 Å². The number of aromatic nitrogens is 1. The lowest BCUT2D eigenvalue weighted by Gasteiger charge is -2.24. The lowest BCUT2D eigenvalue weighted by Crippen LogP contribution is -2.44. The van der Waals surface area contributed by atoms with Gasteiger partial charge in [-0.3, -0.25) is 0 Å². The van der Waals surface area contributed by atoms with E-state index >= 15 is 0 Å². The summed E-state index contributed by atoms with van der Waals surface area (Å²) in [5, 5.41) is 1.40.